The summed E-state index contributed by atoms with van der Waals surface area (Å²) in [6.07, 6.45) is 1.16. The summed E-state index contributed by atoms with van der Waals surface area (Å²) in [6, 6.07) is 0. The molecule has 0 bridgehead atoms. The lowest BCUT2D eigenvalue weighted by Crippen LogP contribution is -2.26. The van der Waals surface area contributed by atoms with Gasteiger partial charge in [-0.1, -0.05) is 34.5 Å². The Morgan fingerprint density at radius 3 is 2.56 bits per heavy atom. The topological polar surface area (TPSA) is 21.1 Å². The number of hydrogen-bond acceptors (Lipinski definition) is 2. The molecule has 1 heterocycles. The Labute approximate surface area is 111 Å². The molecule has 0 aliphatic carbocycles. The van der Waals surface area contributed by atoms with Crippen LogP contribution in [0.2, 0.25) is 5.15 Å². The fourth-order valence-electron chi connectivity index (χ4n) is 1.78. The first kappa shape index (κ1) is 14.0. The molecule has 0 aliphatic heterocycles. The van der Waals surface area contributed by atoms with Gasteiger partial charge in [0, 0.05) is 31.0 Å². The SMILES string of the molecule is CCCN(CCBr)Cc1c(C)nn(C)c1Cl. The van der Waals surface area contributed by atoms with Crippen LogP contribution in [0.1, 0.15) is 24.6 Å². The second-order valence-corrected chi connectivity index (χ2v) is 5.09. The van der Waals surface area contributed by atoms with Gasteiger partial charge in [0.15, 0.2) is 0 Å². The molecule has 0 unspecified atom stereocenters. The van der Waals surface area contributed by atoms with Gasteiger partial charge in [0.25, 0.3) is 0 Å². The Bertz CT molecular complexity index is 332. The van der Waals surface area contributed by atoms with E-state index in [2.05, 4.69) is 32.9 Å². The van der Waals surface area contributed by atoms with E-state index in [0.717, 1.165) is 47.8 Å². The summed E-state index contributed by atoms with van der Waals surface area (Å²) in [5.41, 5.74) is 2.18. The summed E-state index contributed by atoms with van der Waals surface area (Å²) in [4.78, 5) is 2.39. The molecule has 0 N–H and O–H groups in total. The van der Waals surface area contributed by atoms with Crippen LogP contribution in [0, 0.1) is 6.92 Å². The van der Waals surface area contributed by atoms with Gasteiger partial charge in [-0.15, -0.1) is 0 Å². The number of nitrogens with zero attached hydrogens (tertiary/aromatic N) is 3. The van der Waals surface area contributed by atoms with Gasteiger partial charge in [0.05, 0.1) is 5.69 Å². The zero-order chi connectivity index (χ0) is 12.1. The predicted molar refractivity (Wildman–Crippen MR) is 72.3 cm³/mol. The molecule has 0 fully saturated rings. The standard InChI is InChI=1S/C11H19BrClN3/c1-4-6-16(7-5-12)8-10-9(2)14-15(3)11(10)13/h4-8H2,1-3H3. The zero-order valence-electron chi connectivity index (χ0n) is 10.1. The molecule has 1 aromatic heterocycles. The maximum absolute atomic E-state index is 6.22. The monoisotopic (exact) mass is 307 g/mol. The lowest BCUT2D eigenvalue weighted by Gasteiger charge is -2.20. The fourth-order valence-corrected chi connectivity index (χ4v) is 2.52. The first-order valence-electron chi connectivity index (χ1n) is 5.56. The second kappa shape index (κ2) is 6.62. The van der Waals surface area contributed by atoms with Gasteiger partial charge < -0.3 is 0 Å². The Balaban J connectivity index is 2.76. The van der Waals surface area contributed by atoms with Gasteiger partial charge in [0.1, 0.15) is 5.15 Å². The number of halogens is 2. The lowest BCUT2D eigenvalue weighted by atomic mass is 10.2. The lowest BCUT2D eigenvalue weighted by molar-refractivity contribution is 0.283. The van der Waals surface area contributed by atoms with E-state index in [1.54, 1.807) is 4.68 Å². The molecule has 5 heteroatoms. The van der Waals surface area contributed by atoms with Gasteiger partial charge in [-0.05, 0) is 19.9 Å². The number of hydrogen-bond donors (Lipinski definition) is 0. The maximum Gasteiger partial charge on any atom is 0.131 e. The summed E-state index contributed by atoms with van der Waals surface area (Å²) < 4.78 is 1.74. The molecular formula is C11H19BrClN3. The average Bonchev–Trinajstić information content (AvgIpc) is 2.46. The molecule has 16 heavy (non-hydrogen) atoms. The third-order valence-electron chi connectivity index (χ3n) is 2.59. The van der Waals surface area contributed by atoms with Crippen LogP contribution >= 0.6 is 27.5 Å². The minimum Gasteiger partial charge on any atom is -0.298 e. The van der Waals surface area contributed by atoms with Gasteiger partial charge in [-0.2, -0.15) is 5.10 Å². The number of aromatic nitrogens is 2. The van der Waals surface area contributed by atoms with Gasteiger partial charge in [-0.25, -0.2) is 0 Å². The molecule has 0 amide bonds. The molecule has 92 valence electrons. The second-order valence-electron chi connectivity index (χ2n) is 3.94. The minimum absolute atomic E-state index is 0.758. The molecule has 1 aromatic rings. The highest BCUT2D eigenvalue weighted by molar-refractivity contribution is 9.09. The number of rotatable bonds is 6. The molecule has 1 rings (SSSR count). The molecule has 0 saturated heterocycles. The molecular weight excluding hydrogens is 289 g/mol. The number of aryl methyl sites for hydroxylation is 2. The molecule has 0 spiro atoms. The van der Waals surface area contributed by atoms with Gasteiger partial charge in [0.2, 0.25) is 0 Å². The molecule has 3 nitrogen and oxygen atoms in total. The third-order valence-corrected chi connectivity index (χ3v) is 3.42. The first-order valence-corrected chi connectivity index (χ1v) is 7.06. The van der Waals surface area contributed by atoms with Crippen molar-refractivity contribution in [3.63, 3.8) is 0 Å². The van der Waals surface area contributed by atoms with E-state index in [-0.39, 0.29) is 0 Å². The van der Waals surface area contributed by atoms with E-state index in [1.807, 2.05) is 14.0 Å². The van der Waals surface area contributed by atoms with Crippen LogP contribution in [0.15, 0.2) is 0 Å². The summed E-state index contributed by atoms with van der Waals surface area (Å²) in [5, 5.41) is 6.08. The van der Waals surface area contributed by atoms with Crippen molar-refractivity contribution in [2.45, 2.75) is 26.8 Å². The fraction of sp³-hybridized carbons (Fsp3) is 0.727. The van der Waals surface area contributed by atoms with E-state index in [9.17, 15) is 0 Å². The predicted octanol–water partition coefficient (Wildman–Crippen LogP) is 2.99. The van der Waals surface area contributed by atoms with Crippen LogP contribution in [0.5, 0.6) is 0 Å². The smallest absolute Gasteiger partial charge is 0.131 e. The van der Waals surface area contributed by atoms with Crippen molar-refractivity contribution in [1.29, 1.82) is 0 Å². The Morgan fingerprint density at radius 2 is 2.12 bits per heavy atom. The van der Waals surface area contributed by atoms with Gasteiger partial charge in [-0.3, -0.25) is 9.58 Å². The van der Waals surface area contributed by atoms with Crippen molar-refractivity contribution in [3.8, 4) is 0 Å². The van der Waals surface area contributed by atoms with Crippen molar-refractivity contribution < 1.29 is 0 Å². The van der Waals surface area contributed by atoms with Crippen LogP contribution in [0.25, 0.3) is 0 Å². The van der Waals surface area contributed by atoms with Crippen LogP contribution in [-0.4, -0.2) is 33.1 Å². The summed E-state index contributed by atoms with van der Waals surface area (Å²) in [5.74, 6) is 0. The first-order chi connectivity index (χ1) is 7.60. The van der Waals surface area contributed by atoms with E-state index >= 15 is 0 Å². The Morgan fingerprint density at radius 1 is 1.44 bits per heavy atom. The van der Waals surface area contributed by atoms with Gasteiger partial charge >= 0.3 is 0 Å². The Kier molecular flexibility index (Phi) is 5.79. The molecule has 0 aromatic carbocycles. The van der Waals surface area contributed by atoms with Crippen molar-refractivity contribution in [3.05, 3.63) is 16.4 Å². The van der Waals surface area contributed by atoms with Crippen molar-refractivity contribution in [2.75, 3.05) is 18.4 Å². The quantitative estimate of drug-likeness (QED) is 0.753. The normalized spacial score (nSPS) is 11.4. The maximum atomic E-state index is 6.22. The van der Waals surface area contributed by atoms with Crippen molar-refractivity contribution in [2.24, 2.45) is 7.05 Å². The molecule has 0 radical (unpaired) electrons. The summed E-state index contributed by atoms with van der Waals surface area (Å²) >= 11 is 9.70. The Hall–Kier alpha value is -0.0600. The summed E-state index contributed by atoms with van der Waals surface area (Å²) in [7, 11) is 1.88. The molecule has 0 atom stereocenters. The van der Waals surface area contributed by atoms with Crippen molar-refractivity contribution in [1.82, 2.24) is 14.7 Å². The highest BCUT2D eigenvalue weighted by atomic mass is 79.9. The average molecular weight is 309 g/mol. The molecule has 0 saturated carbocycles. The van der Waals surface area contributed by atoms with E-state index < -0.39 is 0 Å². The highest BCUT2D eigenvalue weighted by Gasteiger charge is 2.14. The largest absolute Gasteiger partial charge is 0.298 e. The highest BCUT2D eigenvalue weighted by Crippen LogP contribution is 2.20. The minimum atomic E-state index is 0.758. The third kappa shape index (κ3) is 3.47. The number of alkyl halides is 1. The van der Waals surface area contributed by atoms with E-state index in [4.69, 9.17) is 11.6 Å². The van der Waals surface area contributed by atoms with Crippen LogP contribution < -0.4 is 0 Å². The van der Waals surface area contributed by atoms with E-state index in [1.165, 1.54) is 0 Å². The van der Waals surface area contributed by atoms with Crippen LogP contribution in [-0.2, 0) is 13.6 Å². The van der Waals surface area contributed by atoms with Crippen LogP contribution in [0.3, 0.4) is 0 Å². The van der Waals surface area contributed by atoms with Crippen LogP contribution in [0.4, 0.5) is 0 Å². The molecule has 0 aliphatic rings. The zero-order valence-corrected chi connectivity index (χ0v) is 12.5. The van der Waals surface area contributed by atoms with E-state index in [0.29, 0.717) is 0 Å². The van der Waals surface area contributed by atoms with Crippen molar-refractivity contribution >= 4 is 27.5 Å². The summed E-state index contributed by atoms with van der Waals surface area (Å²) in [6.45, 7) is 7.23.